The summed E-state index contributed by atoms with van der Waals surface area (Å²) in [5, 5.41) is 2.62. The smallest absolute Gasteiger partial charge is 0.250 e. The Labute approximate surface area is 60.1 Å². The van der Waals surface area contributed by atoms with Gasteiger partial charge in [-0.1, -0.05) is 6.08 Å². The van der Waals surface area contributed by atoms with E-state index in [4.69, 9.17) is 0 Å². The van der Waals surface area contributed by atoms with Gasteiger partial charge in [0.15, 0.2) is 0 Å². The Morgan fingerprint density at radius 1 is 1.50 bits per heavy atom. The van der Waals surface area contributed by atoms with Crippen LogP contribution >= 0.6 is 0 Å². The van der Waals surface area contributed by atoms with Crippen LogP contribution in [0.3, 0.4) is 0 Å². The summed E-state index contributed by atoms with van der Waals surface area (Å²) in [6.45, 7) is 3.97. The molecule has 10 heavy (non-hydrogen) atoms. The highest BCUT2D eigenvalue weighted by Crippen LogP contribution is 1.89. The highest BCUT2D eigenvalue weighted by atomic mass is 19.3. The second kappa shape index (κ2) is 6.68. The van der Waals surface area contributed by atoms with Crippen LogP contribution in [0.1, 0.15) is 12.8 Å². The molecule has 1 N–H and O–H groups in total. The van der Waals surface area contributed by atoms with Gasteiger partial charge in [-0.3, -0.25) is 0 Å². The number of halogens is 2. The highest BCUT2D eigenvalue weighted by molar-refractivity contribution is 4.66. The lowest BCUT2D eigenvalue weighted by molar-refractivity contribution is 0.146. The topological polar surface area (TPSA) is 12.0 Å². The van der Waals surface area contributed by atoms with Gasteiger partial charge in [0, 0.05) is 0 Å². The summed E-state index contributed by atoms with van der Waals surface area (Å²) in [6.07, 6.45) is 1.32. The number of unbranched alkanes of at least 4 members (excludes halogenated alkanes) is 1. The molecule has 0 rings (SSSR count). The SMILES string of the molecule is C=CCCCNCC(F)F. The molecule has 0 heterocycles. The quantitative estimate of drug-likeness (QED) is 0.448. The first-order valence-electron chi connectivity index (χ1n) is 3.37. The van der Waals surface area contributed by atoms with Crippen LogP contribution in [0.15, 0.2) is 12.7 Å². The minimum absolute atomic E-state index is 0.197. The van der Waals surface area contributed by atoms with Gasteiger partial charge < -0.3 is 5.32 Å². The van der Waals surface area contributed by atoms with Crippen LogP contribution in [0.25, 0.3) is 0 Å². The molecule has 0 aliphatic carbocycles. The molecule has 60 valence electrons. The average Bonchev–Trinajstić information content (AvgIpc) is 1.87. The molecule has 0 aromatic carbocycles. The molecule has 0 spiro atoms. The maximum atomic E-state index is 11.5. The van der Waals surface area contributed by atoms with Crippen LogP contribution in [-0.4, -0.2) is 19.5 Å². The summed E-state index contributed by atoms with van der Waals surface area (Å²) in [4.78, 5) is 0. The first-order valence-corrected chi connectivity index (χ1v) is 3.37. The van der Waals surface area contributed by atoms with E-state index in [1.54, 1.807) is 6.08 Å². The van der Waals surface area contributed by atoms with Crippen molar-refractivity contribution in [1.29, 1.82) is 0 Å². The van der Waals surface area contributed by atoms with Gasteiger partial charge in [0.2, 0.25) is 0 Å². The zero-order chi connectivity index (χ0) is 7.82. The van der Waals surface area contributed by atoms with E-state index in [9.17, 15) is 8.78 Å². The second-order valence-corrected chi connectivity index (χ2v) is 2.03. The molecule has 3 heteroatoms. The standard InChI is InChI=1S/C7H13F2N/c1-2-3-4-5-10-6-7(8)9/h2,7,10H,1,3-6H2. The van der Waals surface area contributed by atoms with Gasteiger partial charge >= 0.3 is 0 Å². The minimum Gasteiger partial charge on any atom is -0.311 e. The van der Waals surface area contributed by atoms with Gasteiger partial charge in [-0.2, -0.15) is 0 Å². The van der Waals surface area contributed by atoms with Crippen LogP contribution in [0, 0.1) is 0 Å². The van der Waals surface area contributed by atoms with Crippen molar-refractivity contribution in [3.63, 3.8) is 0 Å². The van der Waals surface area contributed by atoms with Gasteiger partial charge in [0.05, 0.1) is 6.54 Å². The van der Waals surface area contributed by atoms with Crippen molar-refractivity contribution in [3.05, 3.63) is 12.7 Å². The summed E-state index contributed by atoms with van der Waals surface area (Å²) in [5.41, 5.74) is 0. The van der Waals surface area contributed by atoms with E-state index in [2.05, 4.69) is 11.9 Å². The van der Waals surface area contributed by atoms with E-state index in [0.29, 0.717) is 6.54 Å². The number of nitrogens with one attached hydrogen (secondary N) is 1. The number of alkyl halides is 2. The summed E-state index contributed by atoms with van der Waals surface area (Å²) in [5.74, 6) is 0. The number of hydrogen-bond donors (Lipinski definition) is 1. The van der Waals surface area contributed by atoms with E-state index in [1.807, 2.05) is 0 Å². The van der Waals surface area contributed by atoms with Crippen molar-refractivity contribution < 1.29 is 8.78 Å². The maximum Gasteiger partial charge on any atom is 0.250 e. The van der Waals surface area contributed by atoms with E-state index in [1.165, 1.54) is 0 Å². The molecular weight excluding hydrogens is 136 g/mol. The third-order valence-corrected chi connectivity index (χ3v) is 1.06. The predicted octanol–water partition coefficient (Wildman–Crippen LogP) is 1.81. The fraction of sp³-hybridized carbons (Fsp3) is 0.714. The molecule has 0 unspecified atom stereocenters. The summed E-state index contributed by atoms with van der Waals surface area (Å²) >= 11 is 0. The van der Waals surface area contributed by atoms with E-state index in [-0.39, 0.29) is 6.54 Å². The zero-order valence-electron chi connectivity index (χ0n) is 5.95. The lowest BCUT2D eigenvalue weighted by atomic mass is 10.3. The number of rotatable bonds is 6. The molecule has 0 radical (unpaired) electrons. The lowest BCUT2D eigenvalue weighted by Crippen LogP contribution is -2.21. The van der Waals surface area contributed by atoms with E-state index < -0.39 is 6.43 Å². The monoisotopic (exact) mass is 149 g/mol. The van der Waals surface area contributed by atoms with Gasteiger partial charge in [-0.15, -0.1) is 6.58 Å². The number of allylic oxidation sites excluding steroid dienone is 1. The van der Waals surface area contributed by atoms with Crippen LogP contribution in [0.4, 0.5) is 8.78 Å². The van der Waals surface area contributed by atoms with Crippen LogP contribution in [0.2, 0.25) is 0 Å². The normalized spacial score (nSPS) is 10.3. The number of hydrogen-bond acceptors (Lipinski definition) is 1. The molecule has 0 aromatic heterocycles. The Hall–Kier alpha value is -0.440. The molecule has 1 nitrogen and oxygen atoms in total. The summed E-state index contributed by atoms with van der Waals surface area (Å²) in [7, 11) is 0. The van der Waals surface area contributed by atoms with Gasteiger partial charge in [0.1, 0.15) is 0 Å². The first kappa shape index (κ1) is 9.56. The largest absolute Gasteiger partial charge is 0.311 e. The van der Waals surface area contributed by atoms with E-state index >= 15 is 0 Å². The highest BCUT2D eigenvalue weighted by Gasteiger charge is 1.98. The fourth-order valence-electron chi connectivity index (χ4n) is 0.583. The fourth-order valence-corrected chi connectivity index (χ4v) is 0.583. The third kappa shape index (κ3) is 7.56. The van der Waals surface area contributed by atoms with Gasteiger partial charge in [-0.05, 0) is 19.4 Å². The molecule has 0 aromatic rings. The molecule has 0 aliphatic heterocycles. The molecule has 0 amide bonds. The van der Waals surface area contributed by atoms with Crippen LogP contribution < -0.4 is 5.32 Å². The van der Waals surface area contributed by atoms with Crippen molar-refractivity contribution >= 4 is 0 Å². The Balaban J connectivity index is 2.83. The lowest BCUT2D eigenvalue weighted by Gasteiger charge is -2.00. The van der Waals surface area contributed by atoms with Crippen molar-refractivity contribution in [2.75, 3.05) is 13.1 Å². The van der Waals surface area contributed by atoms with Crippen molar-refractivity contribution in [3.8, 4) is 0 Å². The molecule has 0 aliphatic rings. The third-order valence-electron chi connectivity index (χ3n) is 1.06. The van der Waals surface area contributed by atoms with Crippen molar-refractivity contribution in [2.45, 2.75) is 19.3 Å². The molecule has 0 atom stereocenters. The average molecular weight is 149 g/mol. The van der Waals surface area contributed by atoms with Crippen LogP contribution in [-0.2, 0) is 0 Å². The Kier molecular flexibility index (Phi) is 6.38. The predicted molar refractivity (Wildman–Crippen MR) is 38.3 cm³/mol. The molecule has 0 saturated heterocycles. The first-order chi connectivity index (χ1) is 4.77. The zero-order valence-corrected chi connectivity index (χ0v) is 5.95. The second-order valence-electron chi connectivity index (χ2n) is 2.03. The minimum atomic E-state index is -2.23. The maximum absolute atomic E-state index is 11.5. The van der Waals surface area contributed by atoms with E-state index in [0.717, 1.165) is 12.8 Å². The molecular formula is C7H13F2N. The molecule has 0 fully saturated rings. The van der Waals surface area contributed by atoms with Crippen molar-refractivity contribution in [2.24, 2.45) is 0 Å². The van der Waals surface area contributed by atoms with Crippen molar-refractivity contribution in [1.82, 2.24) is 5.32 Å². The molecule has 0 bridgehead atoms. The molecule has 0 saturated carbocycles. The Morgan fingerprint density at radius 3 is 2.70 bits per heavy atom. The van der Waals surface area contributed by atoms with Gasteiger partial charge in [-0.25, -0.2) is 8.78 Å². The Bertz CT molecular complexity index is 83.7. The van der Waals surface area contributed by atoms with Crippen LogP contribution in [0.5, 0.6) is 0 Å². The summed E-state index contributed by atoms with van der Waals surface area (Å²) in [6, 6.07) is 0. The Morgan fingerprint density at radius 2 is 2.20 bits per heavy atom. The van der Waals surface area contributed by atoms with Gasteiger partial charge in [0.25, 0.3) is 6.43 Å². The summed E-state index contributed by atoms with van der Waals surface area (Å²) < 4.78 is 22.9.